The predicted octanol–water partition coefficient (Wildman–Crippen LogP) is -1.32. The maximum Gasteiger partial charge on any atom is 3.00 e. The molecular formula is C15H25CeO10. The van der Waals surface area contributed by atoms with Crippen LogP contribution < -0.4 is 5.11 Å². The molecule has 1 radical (unpaired) electrons. The van der Waals surface area contributed by atoms with Crippen LogP contribution in [0.2, 0.25) is 0 Å². The van der Waals surface area contributed by atoms with Crippen LogP contribution in [0.1, 0.15) is 13.3 Å². The molecule has 0 saturated carbocycles. The van der Waals surface area contributed by atoms with Crippen molar-refractivity contribution in [2.45, 2.75) is 13.3 Å². The molecule has 0 unspecified atom stereocenters. The third-order valence-electron chi connectivity index (χ3n) is 2.27. The molecule has 0 aromatic heterocycles. The van der Waals surface area contributed by atoms with Gasteiger partial charge < -0.3 is 40.9 Å². The van der Waals surface area contributed by atoms with E-state index in [1.807, 2.05) is 6.92 Å². The molecule has 5 N–H and O–H groups in total. The molecule has 0 aromatic carbocycles. The Bertz CT molecular complexity index is 332. The molecule has 0 fully saturated rings. The largest absolute Gasteiger partial charge is 3.00 e. The van der Waals surface area contributed by atoms with Gasteiger partial charge in [-0.15, -0.1) is 0 Å². The van der Waals surface area contributed by atoms with E-state index in [4.69, 9.17) is 35.4 Å². The zero-order valence-electron chi connectivity index (χ0n) is 14.5. The summed E-state index contributed by atoms with van der Waals surface area (Å²) in [7, 11) is 0. The van der Waals surface area contributed by atoms with Crippen molar-refractivity contribution < 1.29 is 92.2 Å². The van der Waals surface area contributed by atoms with Crippen molar-refractivity contribution >= 4 is 17.9 Å². The normalized spacial score (nSPS) is 7.85. The van der Waals surface area contributed by atoms with Crippen molar-refractivity contribution in [2.75, 3.05) is 19.8 Å². The minimum atomic E-state index is -1.23. The van der Waals surface area contributed by atoms with Gasteiger partial charge in [0.2, 0.25) is 0 Å². The fraction of sp³-hybridized carbons (Fsp3) is 0.400. The number of carboxylic acids is 3. The smallest absolute Gasteiger partial charge is 2.00 e. The van der Waals surface area contributed by atoms with Crippen molar-refractivity contribution in [3.05, 3.63) is 38.0 Å². The summed E-state index contributed by atoms with van der Waals surface area (Å²) in [5.41, 5.74) is -0.667. The number of carbonyl (C=O) groups excluding carboxylic acids is 1. The van der Waals surface area contributed by atoms with Gasteiger partial charge in [0, 0.05) is 17.6 Å². The molecule has 0 aliphatic heterocycles. The molecule has 0 bridgehead atoms. The van der Waals surface area contributed by atoms with Crippen LogP contribution in [0.5, 0.6) is 0 Å². The average molecular weight is 505 g/mol. The van der Waals surface area contributed by atoms with Gasteiger partial charge in [-0.1, -0.05) is 26.7 Å². The first-order chi connectivity index (χ1) is 11.1. The van der Waals surface area contributed by atoms with Crippen LogP contribution in [-0.2, 0) is 19.9 Å². The predicted molar refractivity (Wildman–Crippen MR) is 85.5 cm³/mol. The molecule has 0 aliphatic rings. The number of rotatable bonds is 7. The van der Waals surface area contributed by atoms with Gasteiger partial charge in [0.25, 0.3) is 0 Å². The van der Waals surface area contributed by atoms with Crippen LogP contribution in [0.15, 0.2) is 38.0 Å². The summed E-state index contributed by atoms with van der Waals surface area (Å²) in [5.74, 6) is -3.19. The van der Waals surface area contributed by atoms with E-state index in [-0.39, 0.29) is 67.0 Å². The number of carbonyl (C=O) groups is 3. The molecule has 149 valence electrons. The van der Waals surface area contributed by atoms with Gasteiger partial charge in [0.05, 0.1) is 25.8 Å². The molecule has 0 spiro atoms. The van der Waals surface area contributed by atoms with Crippen LogP contribution in [0, 0.1) is 47.2 Å². The zero-order chi connectivity index (χ0) is 20.2. The van der Waals surface area contributed by atoms with Crippen LogP contribution >= 0.6 is 0 Å². The van der Waals surface area contributed by atoms with E-state index in [2.05, 4.69) is 19.7 Å². The Labute approximate surface area is 185 Å². The Kier molecular flexibility index (Phi) is 43.8. The second-order valence-corrected chi connectivity index (χ2v) is 3.94. The van der Waals surface area contributed by atoms with E-state index in [0.29, 0.717) is 6.42 Å². The molecule has 0 amide bonds. The van der Waals surface area contributed by atoms with Crippen LogP contribution in [-0.4, -0.2) is 63.3 Å². The van der Waals surface area contributed by atoms with E-state index in [9.17, 15) is 9.59 Å². The second kappa shape index (κ2) is 28.6. The number of aliphatic carboxylic acids is 3. The Morgan fingerprint density at radius 2 is 1.08 bits per heavy atom. The molecule has 0 atom stereocenters. The third kappa shape index (κ3) is 38.4. The fourth-order valence-corrected chi connectivity index (χ4v) is 0.485. The van der Waals surface area contributed by atoms with Crippen molar-refractivity contribution in [1.29, 1.82) is 0 Å². The van der Waals surface area contributed by atoms with Crippen molar-refractivity contribution in [1.82, 2.24) is 0 Å². The van der Waals surface area contributed by atoms with Crippen molar-refractivity contribution in [2.24, 2.45) is 5.41 Å². The summed E-state index contributed by atoms with van der Waals surface area (Å²) >= 11 is 0. The topological polar surface area (TPSA) is 204 Å². The second-order valence-electron chi connectivity index (χ2n) is 3.94. The molecule has 10 nitrogen and oxygen atoms in total. The van der Waals surface area contributed by atoms with Gasteiger partial charge in [-0.3, -0.25) is 0 Å². The molecule has 0 saturated heterocycles. The molecule has 0 aromatic rings. The molecule has 0 heterocycles. The first-order valence-corrected chi connectivity index (χ1v) is 6.42. The van der Waals surface area contributed by atoms with Crippen molar-refractivity contribution in [3.8, 4) is 0 Å². The Morgan fingerprint density at radius 1 is 0.885 bits per heavy atom. The first kappa shape index (κ1) is 39.8. The Hall–Kier alpha value is -1.15. The Balaban J connectivity index is -0.0000000521. The summed E-state index contributed by atoms with van der Waals surface area (Å²) in [6.07, 6.45) is 2.98. The number of hydrogen-bond acceptors (Lipinski definition) is 7. The average Bonchev–Trinajstić information content (AvgIpc) is 2.59. The number of aliphatic hydroxyl groups excluding tert-OH is 3. The van der Waals surface area contributed by atoms with Gasteiger partial charge in [-0.05, 0) is 12.5 Å². The first-order valence-electron chi connectivity index (χ1n) is 6.42. The molecule has 26 heavy (non-hydrogen) atoms. The minimum Gasteiger partial charge on any atom is -2.00 e. The van der Waals surface area contributed by atoms with Crippen molar-refractivity contribution in [3.63, 3.8) is 0 Å². The quantitative estimate of drug-likeness (QED) is 0.260. The summed E-state index contributed by atoms with van der Waals surface area (Å²) in [6, 6.07) is 0. The standard InChI is InChI=1S/C6H14O3.3C3H4O2.Ce.O/c1-2-6(3-7,4-8)5-9;3*1-2-3(4)5;;/h7-9H,2-5H2,1H3;3*2H,1H2,(H,4,5);;/q;;;;+3;-2/p-1. The van der Waals surface area contributed by atoms with E-state index in [0.717, 1.165) is 18.2 Å². The van der Waals surface area contributed by atoms with Gasteiger partial charge in [-0.25, -0.2) is 9.59 Å². The third-order valence-corrected chi connectivity index (χ3v) is 2.27. The summed E-state index contributed by atoms with van der Waals surface area (Å²) in [6.45, 7) is 10.2. The zero-order valence-corrected chi connectivity index (χ0v) is 17.6. The maximum atomic E-state index is 9.25. The number of carboxylic acid groups (broad SMARTS) is 3. The van der Waals surface area contributed by atoms with E-state index in [1.54, 1.807) is 0 Å². The molecule has 0 aliphatic carbocycles. The number of aliphatic hydroxyl groups is 3. The fourth-order valence-electron chi connectivity index (χ4n) is 0.485. The molecular weight excluding hydrogens is 480 g/mol. The summed E-state index contributed by atoms with van der Waals surface area (Å²) in [5, 5.41) is 50.3. The van der Waals surface area contributed by atoms with Crippen LogP contribution in [0.3, 0.4) is 0 Å². The molecule has 11 heteroatoms. The van der Waals surface area contributed by atoms with Gasteiger partial charge in [0.1, 0.15) is 0 Å². The summed E-state index contributed by atoms with van der Waals surface area (Å²) < 4.78 is 0. The van der Waals surface area contributed by atoms with Crippen LogP contribution in [0.25, 0.3) is 0 Å². The monoisotopic (exact) mass is 505 g/mol. The van der Waals surface area contributed by atoms with Gasteiger partial charge in [0.15, 0.2) is 0 Å². The van der Waals surface area contributed by atoms with Gasteiger partial charge >= 0.3 is 53.7 Å². The molecule has 0 rings (SSSR count). The Morgan fingerprint density at radius 3 is 1.08 bits per heavy atom. The van der Waals surface area contributed by atoms with E-state index in [1.165, 1.54) is 0 Å². The van der Waals surface area contributed by atoms with E-state index >= 15 is 0 Å². The summed E-state index contributed by atoms with van der Waals surface area (Å²) in [4.78, 5) is 27.6. The number of hydrogen-bond donors (Lipinski definition) is 5. The SMILES string of the molecule is C=CC(=O)O.C=CC(=O)O.C=CC(=O)[O-].CCC(CO)(CO)CO.[Ce+3].[O-2]. The maximum absolute atomic E-state index is 9.25. The van der Waals surface area contributed by atoms with Gasteiger partial charge in [-0.2, -0.15) is 0 Å². The van der Waals surface area contributed by atoms with E-state index < -0.39 is 23.3 Å². The van der Waals surface area contributed by atoms with Crippen LogP contribution in [0.4, 0.5) is 0 Å². The minimum absolute atomic E-state index is 0.